The summed E-state index contributed by atoms with van der Waals surface area (Å²) in [5.74, 6) is 0.754. The maximum atomic E-state index is 13.2. The van der Waals surface area contributed by atoms with Crippen LogP contribution in [0.25, 0.3) is 0 Å². The molecule has 0 radical (unpaired) electrons. The first kappa shape index (κ1) is 22.2. The summed E-state index contributed by atoms with van der Waals surface area (Å²) in [6, 6.07) is 0.578. The van der Waals surface area contributed by atoms with Crippen LogP contribution in [0, 0.1) is 11.3 Å². The van der Waals surface area contributed by atoms with Crippen LogP contribution >= 0.6 is 0 Å². The average molecular weight is 444 g/mol. The molecule has 32 heavy (non-hydrogen) atoms. The van der Waals surface area contributed by atoms with E-state index in [1.54, 1.807) is 11.1 Å². The lowest BCUT2D eigenvalue weighted by Gasteiger charge is -2.53. The van der Waals surface area contributed by atoms with Crippen molar-refractivity contribution >= 4 is 12.0 Å². The number of nitrogens with zero attached hydrogens (tertiary/aromatic N) is 3. The predicted octanol–water partition coefficient (Wildman–Crippen LogP) is 4.20. The van der Waals surface area contributed by atoms with Crippen molar-refractivity contribution in [3.05, 3.63) is 11.1 Å². The van der Waals surface area contributed by atoms with Gasteiger partial charge in [-0.1, -0.05) is 17.6 Å². The summed E-state index contributed by atoms with van der Waals surface area (Å²) in [7, 11) is 0. The fourth-order valence-corrected chi connectivity index (χ4v) is 7.00. The van der Waals surface area contributed by atoms with E-state index < -0.39 is 0 Å². The minimum absolute atomic E-state index is 0.154. The summed E-state index contributed by atoms with van der Waals surface area (Å²) < 4.78 is 5.18. The molecule has 0 aromatic heterocycles. The number of likely N-dealkylation sites (tertiary alicyclic amines) is 2. The molecule has 3 aliphatic heterocycles. The molecule has 3 fully saturated rings. The Morgan fingerprint density at radius 1 is 0.938 bits per heavy atom. The number of amides is 2. The van der Waals surface area contributed by atoms with Crippen LogP contribution in [0.1, 0.15) is 77.6 Å². The second-order valence-corrected chi connectivity index (χ2v) is 10.8. The Kier molecular flexibility index (Phi) is 6.51. The molecule has 3 heterocycles. The van der Waals surface area contributed by atoms with Crippen molar-refractivity contribution < 1.29 is 14.3 Å². The third-order valence-corrected chi connectivity index (χ3v) is 9.13. The van der Waals surface area contributed by atoms with Crippen LogP contribution in [-0.2, 0) is 9.53 Å². The van der Waals surface area contributed by atoms with E-state index in [0.717, 1.165) is 65.0 Å². The van der Waals surface area contributed by atoms with Crippen LogP contribution in [0.4, 0.5) is 4.79 Å². The molecule has 6 heteroatoms. The van der Waals surface area contributed by atoms with Crippen molar-refractivity contribution in [2.24, 2.45) is 11.3 Å². The molecule has 5 aliphatic rings. The monoisotopic (exact) mass is 443 g/mol. The zero-order valence-electron chi connectivity index (χ0n) is 19.9. The Labute approximate surface area is 193 Å². The number of rotatable bonds is 3. The maximum absolute atomic E-state index is 13.2. The van der Waals surface area contributed by atoms with Gasteiger partial charge in [-0.15, -0.1) is 0 Å². The average Bonchev–Trinajstić information content (AvgIpc) is 2.79. The Bertz CT molecular complexity index is 743. The molecule has 1 saturated carbocycles. The lowest BCUT2D eigenvalue weighted by Crippen LogP contribution is -2.56. The molecule has 0 bridgehead atoms. The number of ether oxygens (including phenoxy) is 1. The summed E-state index contributed by atoms with van der Waals surface area (Å²) in [6.45, 7) is 8.09. The normalized spacial score (nSPS) is 27.3. The van der Waals surface area contributed by atoms with Crippen LogP contribution in [0.15, 0.2) is 11.1 Å². The van der Waals surface area contributed by atoms with Gasteiger partial charge in [-0.2, -0.15) is 0 Å². The summed E-state index contributed by atoms with van der Waals surface area (Å²) >= 11 is 0. The number of carbonyl (C=O) groups excluding carboxylic acids is 2. The number of hydrogen-bond donors (Lipinski definition) is 0. The molecule has 2 aliphatic carbocycles. The summed E-state index contributed by atoms with van der Waals surface area (Å²) in [4.78, 5) is 32.0. The number of carbonyl (C=O) groups is 2. The van der Waals surface area contributed by atoms with Gasteiger partial charge in [0.25, 0.3) is 0 Å². The fourth-order valence-electron chi connectivity index (χ4n) is 7.00. The third-order valence-electron chi connectivity index (χ3n) is 9.13. The van der Waals surface area contributed by atoms with Crippen LogP contribution < -0.4 is 0 Å². The molecule has 0 atom stereocenters. The number of piperidine rings is 2. The van der Waals surface area contributed by atoms with E-state index in [9.17, 15) is 9.59 Å². The van der Waals surface area contributed by atoms with E-state index in [4.69, 9.17) is 4.74 Å². The van der Waals surface area contributed by atoms with Crippen molar-refractivity contribution in [3.8, 4) is 0 Å². The van der Waals surface area contributed by atoms with Crippen LogP contribution in [0.3, 0.4) is 0 Å². The first-order valence-corrected chi connectivity index (χ1v) is 13.3. The van der Waals surface area contributed by atoms with E-state index >= 15 is 0 Å². The van der Waals surface area contributed by atoms with E-state index in [0.29, 0.717) is 24.5 Å². The zero-order valence-corrected chi connectivity index (χ0v) is 19.9. The molecule has 178 valence electrons. The van der Waals surface area contributed by atoms with Gasteiger partial charge in [-0.25, -0.2) is 4.79 Å². The van der Waals surface area contributed by atoms with Crippen LogP contribution in [0.2, 0.25) is 0 Å². The molecule has 0 unspecified atom stereocenters. The van der Waals surface area contributed by atoms with E-state index in [1.165, 1.54) is 44.9 Å². The molecule has 0 N–H and O–H groups in total. The molecule has 2 amide bonds. The topological polar surface area (TPSA) is 53.1 Å². The maximum Gasteiger partial charge on any atom is 0.409 e. The molecule has 5 rings (SSSR count). The Balaban J connectivity index is 1.23. The highest BCUT2D eigenvalue weighted by Gasteiger charge is 2.46. The molecular formula is C26H41N3O3. The van der Waals surface area contributed by atoms with Crippen molar-refractivity contribution in [2.75, 3.05) is 45.9 Å². The van der Waals surface area contributed by atoms with E-state index in [2.05, 4.69) is 9.80 Å². The summed E-state index contributed by atoms with van der Waals surface area (Å²) in [6.07, 6.45) is 12.9. The lowest BCUT2D eigenvalue weighted by molar-refractivity contribution is -0.140. The van der Waals surface area contributed by atoms with Gasteiger partial charge >= 0.3 is 6.09 Å². The van der Waals surface area contributed by atoms with Crippen LogP contribution in [-0.4, -0.2) is 78.6 Å². The highest BCUT2D eigenvalue weighted by atomic mass is 16.6. The van der Waals surface area contributed by atoms with E-state index in [1.807, 2.05) is 11.8 Å². The van der Waals surface area contributed by atoms with Gasteiger partial charge in [-0.05, 0) is 84.2 Å². The quantitative estimate of drug-likeness (QED) is 0.614. The standard InChI is InChI=1S/C26H41N3O3/c1-2-32-25(31)28-14-10-22(11-15-28)27-16-12-26(13-17-27)19-29(24(30)20-7-5-8-20)18-21-6-3-4-9-23(21)26/h20,22H,2-19H2,1H3. The van der Waals surface area contributed by atoms with Crippen molar-refractivity contribution in [1.82, 2.24) is 14.7 Å². The Morgan fingerprint density at radius 2 is 1.66 bits per heavy atom. The Hall–Kier alpha value is -1.56. The minimum atomic E-state index is -0.154. The molecule has 1 spiro atoms. The summed E-state index contributed by atoms with van der Waals surface area (Å²) in [5.41, 5.74) is 3.60. The van der Waals surface area contributed by atoms with Gasteiger partial charge in [0.05, 0.1) is 6.61 Å². The highest BCUT2D eigenvalue weighted by molar-refractivity contribution is 5.80. The van der Waals surface area contributed by atoms with Crippen molar-refractivity contribution in [1.29, 1.82) is 0 Å². The van der Waals surface area contributed by atoms with E-state index in [-0.39, 0.29) is 11.5 Å². The summed E-state index contributed by atoms with van der Waals surface area (Å²) in [5, 5.41) is 0. The molecule has 0 aromatic carbocycles. The van der Waals surface area contributed by atoms with Crippen LogP contribution in [0.5, 0.6) is 0 Å². The van der Waals surface area contributed by atoms with Gasteiger partial charge in [0.2, 0.25) is 5.91 Å². The first-order valence-electron chi connectivity index (χ1n) is 13.3. The van der Waals surface area contributed by atoms with Crippen molar-refractivity contribution in [3.63, 3.8) is 0 Å². The molecule has 0 aromatic rings. The second-order valence-electron chi connectivity index (χ2n) is 10.8. The smallest absolute Gasteiger partial charge is 0.409 e. The number of fused-ring (bicyclic) bond motifs is 1. The van der Waals surface area contributed by atoms with Gasteiger partial charge in [0.1, 0.15) is 0 Å². The first-order chi connectivity index (χ1) is 15.6. The van der Waals surface area contributed by atoms with Gasteiger partial charge in [0, 0.05) is 43.6 Å². The van der Waals surface area contributed by atoms with Gasteiger partial charge < -0.3 is 19.4 Å². The fraction of sp³-hybridized carbons (Fsp3) is 0.846. The third kappa shape index (κ3) is 4.20. The SMILES string of the molecule is CCOC(=O)N1CCC(N2CCC3(CC2)CN(C(=O)C2CCC2)CC2=C3CCCC2)CC1. The molecular weight excluding hydrogens is 402 g/mol. The molecule has 2 saturated heterocycles. The lowest BCUT2D eigenvalue weighted by atomic mass is 9.64. The second kappa shape index (κ2) is 9.36. The zero-order chi connectivity index (χ0) is 22.1. The predicted molar refractivity (Wildman–Crippen MR) is 124 cm³/mol. The number of hydrogen-bond acceptors (Lipinski definition) is 4. The molecule has 6 nitrogen and oxygen atoms in total. The highest BCUT2D eigenvalue weighted by Crippen LogP contribution is 2.49. The van der Waals surface area contributed by atoms with Crippen molar-refractivity contribution in [2.45, 2.75) is 83.6 Å². The Morgan fingerprint density at radius 3 is 2.31 bits per heavy atom. The minimum Gasteiger partial charge on any atom is -0.450 e. The van der Waals surface area contributed by atoms with Gasteiger partial charge in [-0.3, -0.25) is 4.79 Å². The largest absolute Gasteiger partial charge is 0.450 e. The van der Waals surface area contributed by atoms with Gasteiger partial charge in [0.15, 0.2) is 0 Å².